The third-order valence-electron chi connectivity index (χ3n) is 2.26. The molecule has 1 aromatic rings. The van der Waals surface area contributed by atoms with Gasteiger partial charge in [-0.2, -0.15) is 0 Å². The topological polar surface area (TPSA) is 49.7 Å². The van der Waals surface area contributed by atoms with Crippen LogP contribution in [0, 0.1) is 6.92 Å². The van der Waals surface area contributed by atoms with E-state index >= 15 is 0 Å². The Labute approximate surface area is 96.7 Å². The fourth-order valence-electron chi connectivity index (χ4n) is 1.35. The van der Waals surface area contributed by atoms with Crippen molar-refractivity contribution in [3.63, 3.8) is 0 Å². The van der Waals surface area contributed by atoms with E-state index in [1.54, 1.807) is 20.8 Å². The predicted molar refractivity (Wildman–Crippen MR) is 63.6 cm³/mol. The molecule has 2 N–H and O–H groups in total. The summed E-state index contributed by atoms with van der Waals surface area (Å²) in [5.41, 5.74) is 0.991. The van der Waals surface area contributed by atoms with E-state index in [4.69, 9.17) is 4.74 Å². The molecule has 0 aliphatic rings. The number of rotatable bonds is 4. The van der Waals surface area contributed by atoms with Crippen molar-refractivity contribution in [2.75, 3.05) is 6.61 Å². The first-order valence-electron chi connectivity index (χ1n) is 5.43. The molecular formula is C13H20O3. The van der Waals surface area contributed by atoms with Gasteiger partial charge in [0.25, 0.3) is 0 Å². The van der Waals surface area contributed by atoms with Gasteiger partial charge in [-0.25, -0.2) is 0 Å². The average molecular weight is 224 g/mol. The molecule has 0 fully saturated rings. The zero-order valence-electron chi connectivity index (χ0n) is 10.3. The summed E-state index contributed by atoms with van der Waals surface area (Å²) in [5.74, 6) is 0.742. The Morgan fingerprint density at radius 1 is 1.38 bits per heavy atom. The Morgan fingerprint density at radius 2 is 2.00 bits per heavy atom. The smallest absolute Gasteiger partial charge is 0.122 e. The van der Waals surface area contributed by atoms with Crippen LogP contribution in [-0.2, 0) is 0 Å². The molecule has 16 heavy (non-hydrogen) atoms. The van der Waals surface area contributed by atoms with Crippen LogP contribution in [0.15, 0.2) is 18.2 Å². The lowest BCUT2D eigenvalue weighted by molar-refractivity contribution is 0.0282. The third kappa shape index (κ3) is 3.83. The number of aliphatic hydroxyl groups is 2. The molecule has 0 saturated heterocycles. The highest BCUT2D eigenvalue weighted by Gasteiger charge is 2.14. The lowest BCUT2D eigenvalue weighted by atomic mass is 10.1. The van der Waals surface area contributed by atoms with Crippen LogP contribution in [0.3, 0.4) is 0 Å². The van der Waals surface area contributed by atoms with E-state index in [-0.39, 0.29) is 6.61 Å². The maximum Gasteiger partial charge on any atom is 0.122 e. The Morgan fingerprint density at radius 3 is 2.44 bits per heavy atom. The average Bonchev–Trinajstić information content (AvgIpc) is 2.14. The molecule has 1 atom stereocenters. The highest BCUT2D eigenvalue weighted by atomic mass is 16.5. The molecule has 3 nitrogen and oxygen atoms in total. The summed E-state index contributed by atoms with van der Waals surface area (Å²) < 4.78 is 5.50. The van der Waals surface area contributed by atoms with Crippen molar-refractivity contribution in [1.29, 1.82) is 0 Å². The summed E-state index contributed by atoms with van der Waals surface area (Å²) in [4.78, 5) is 0. The van der Waals surface area contributed by atoms with Crippen LogP contribution < -0.4 is 4.74 Å². The lowest BCUT2D eigenvalue weighted by Crippen LogP contribution is -2.28. The first kappa shape index (κ1) is 13.0. The molecule has 1 aromatic carbocycles. The maximum absolute atomic E-state index is 9.55. The normalized spacial score (nSPS) is 13.6. The Kier molecular flexibility index (Phi) is 3.94. The molecule has 3 heteroatoms. The van der Waals surface area contributed by atoms with Crippen molar-refractivity contribution in [3.8, 4) is 5.75 Å². The summed E-state index contributed by atoms with van der Waals surface area (Å²) in [6, 6.07) is 5.55. The molecule has 0 saturated carbocycles. The molecule has 0 aliphatic heterocycles. The highest BCUT2D eigenvalue weighted by molar-refractivity contribution is 5.36. The summed E-state index contributed by atoms with van der Waals surface area (Å²) in [6.45, 7) is 7.30. The van der Waals surface area contributed by atoms with Crippen LogP contribution in [-0.4, -0.2) is 22.4 Å². The zero-order valence-corrected chi connectivity index (χ0v) is 10.3. The van der Waals surface area contributed by atoms with Crippen molar-refractivity contribution < 1.29 is 14.9 Å². The van der Waals surface area contributed by atoms with E-state index in [1.807, 2.05) is 25.1 Å². The van der Waals surface area contributed by atoms with Gasteiger partial charge in [0, 0.05) is 0 Å². The summed E-state index contributed by atoms with van der Waals surface area (Å²) in [6.07, 6.45) is -0.470. The van der Waals surface area contributed by atoms with Crippen molar-refractivity contribution in [3.05, 3.63) is 29.3 Å². The highest BCUT2D eigenvalue weighted by Crippen LogP contribution is 2.23. The second kappa shape index (κ2) is 4.85. The van der Waals surface area contributed by atoms with Gasteiger partial charge in [-0.1, -0.05) is 6.07 Å². The molecule has 90 valence electrons. The predicted octanol–water partition coefficient (Wildman–Crippen LogP) is 2.20. The molecule has 0 radical (unpaired) electrons. The molecule has 1 rings (SSSR count). The van der Waals surface area contributed by atoms with Gasteiger partial charge in [0.15, 0.2) is 0 Å². The number of aryl methyl sites for hydroxylation is 1. The van der Waals surface area contributed by atoms with Gasteiger partial charge in [0.2, 0.25) is 0 Å². The number of hydrogen-bond donors (Lipinski definition) is 2. The molecule has 0 aliphatic carbocycles. The van der Waals surface area contributed by atoms with Crippen LogP contribution in [0.25, 0.3) is 0 Å². The minimum Gasteiger partial charge on any atom is -0.490 e. The second-order valence-electron chi connectivity index (χ2n) is 4.80. The molecule has 1 unspecified atom stereocenters. The minimum atomic E-state index is -0.838. The first-order valence-corrected chi connectivity index (χ1v) is 5.43. The number of aliphatic hydroxyl groups excluding tert-OH is 1. The zero-order chi connectivity index (χ0) is 12.3. The molecule has 0 amide bonds. The van der Waals surface area contributed by atoms with Gasteiger partial charge in [-0.05, 0) is 51.0 Å². The van der Waals surface area contributed by atoms with Crippen LogP contribution in [0.1, 0.15) is 38.0 Å². The standard InChI is InChI=1S/C13H20O3/c1-9-7-11(10(2)14)5-6-12(9)16-8-13(3,4)15/h5-7,10,14-15H,8H2,1-4H3. The fourth-order valence-corrected chi connectivity index (χ4v) is 1.35. The Balaban J connectivity index is 2.76. The molecular weight excluding hydrogens is 204 g/mol. The van der Waals surface area contributed by atoms with E-state index in [0.717, 1.165) is 16.9 Å². The van der Waals surface area contributed by atoms with Crippen molar-refractivity contribution >= 4 is 0 Å². The monoisotopic (exact) mass is 224 g/mol. The van der Waals surface area contributed by atoms with E-state index < -0.39 is 11.7 Å². The SMILES string of the molecule is Cc1cc(C(C)O)ccc1OCC(C)(C)O. The van der Waals surface area contributed by atoms with E-state index in [0.29, 0.717) is 0 Å². The minimum absolute atomic E-state index is 0.252. The molecule has 0 heterocycles. The molecule has 0 bridgehead atoms. The van der Waals surface area contributed by atoms with E-state index in [9.17, 15) is 10.2 Å². The number of ether oxygens (including phenoxy) is 1. The van der Waals surface area contributed by atoms with Crippen molar-refractivity contribution in [1.82, 2.24) is 0 Å². The molecule has 0 aromatic heterocycles. The summed E-state index contributed by atoms with van der Waals surface area (Å²) >= 11 is 0. The van der Waals surface area contributed by atoms with Crippen LogP contribution >= 0.6 is 0 Å². The van der Waals surface area contributed by atoms with Gasteiger partial charge in [-0.3, -0.25) is 0 Å². The van der Waals surface area contributed by atoms with Crippen LogP contribution in [0.5, 0.6) is 5.75 Å². The largest absolute Gasteiger partial charge is 0.490 e. The van der Waals surface area contributed by atoms with Crippen LogP contribution in [0.2, 0.25) is 0 Å². The maximum atomic E-state index is 9.55. The summed E-state index contributed by atoms with van der Waals surface area (Å²) in [7, 11) is 0. The Bertz CT molecular complexity index is 351. The lowest BCUT2D eigenvalue weighted by Gasteiger charge is -2.19. The first-order chi connectivity index (χ1) is 7.29. The third-order valence-corrected chi connectivity index (χ3v) is 2.26. The van der Waals surface area contributed by atoms with Crippen molar-refractivity contribution in [2.24, 2.45) is 0 Å². The van der Waals surface area contributed by atoms with Gasteiger partial charge in [-0.15, -0.1) is 0 Å². The number of hydrogen-bond acceptors (Lipinski definition) is 3. The molecule has 0 spiro atoms. The van der Waals surface area contributed by atoms with Gasteiger partial charge in [0.05, 0.1) is 11.7 Å². The summed E-state index contributed by atoms with van der Waals surface area (Å²) in [5, 5.41) is 19.0. The van der Waals surface area contributed by atoms with Crippen molar-refractivity contribution in [2.45, 2.75) is 39.4 Å². The van der Waals surface area contributed by atoms with E-state index in [2.05, 4.69) is 0 Å². The Hall–Kier alpha value is -1.06. The quantitative estimate of drug-likeness (QED) is 0.824. The van der Waals surface area contributed by atoms with E-state index in [1.165, 1.54) is 0 Å². The van der Waals surface area contributed by atoms with Gasteiger partial charge in [0.1, 0.15) is 12.4 Å². The second-order valence-corrected chi connectivity index (χ2v) is 4.80. The fraction of sp³-hybridized carbons (Fsp3) is 0.538. The van der Waals surface area contributed by atoms with Gasteiger partial charge >= 0.3 is 0 Å². The van der Waals surface area contributed by atoms with Crippen LogP contribution in [0.4, 0.5) is 0 Å². The number of benzene rings is 1. The van der Waals surface area contributed by atoms with Gasteiger partial charge < -0.3 is 14.9 Å².